The van der Waals surface area contributed by atoms with Gasteiger partial charge >= 0.3 is 6.18 Å². The topological polar surface area (TPSA) is 65.7 Å². The lowest BCUT2D eigenvalue weighted by Gasteiger charge is -2.17. The molecule has 9 heteroatoms. The molecule has 4 rings (SSSR count). The molecular weight excluding hydrogens is 471 g/mol. The van der Waals surface area contributed by atoms with Crippen molar-refractivity contribution in [3.63, 3.8) is 0 Å². The number of rotatable bonds is 7. The third kappa shape index (κ3) is 5.10. The molecule has 186 valence electrons. The molecule has 1 heterocycles. The number of fused-ring (bicyclic) bond motifs is 1. The van der Waals surface area contributed by atoms with Crippen LogP contribution in [0.4, 0.5) is 13.2 Å². The Morgan fingerprint density at radius 1 is 1.08 bits per heavy atom. The average Bonchev–Trinajstić information content (AvgIpc) is 2.88. The number of alkyl halides is 3. The summed E-state index contributed by atoms with van der Waals surface area (Å²) >= 11 is 0. The molecule has 0 fully saturated rings. The third-order valence-electron chi connectivity index (χ3n) is 5.64. The number of ether oxygens (including phenoxy) is 2. The van der Waals surface area contributed by atoms with E-state index in [0.29, 0.717) is 22.6 Å². The number of halogens is 3. The summed E-state index contributed by atoms with van der Waals surface area (Å²) in [6.07, 6.45) is -2.50. The van der Waals surface area contributed by atoms with Crippen LogP contribution < -0.4 is 15.0 Å². The van der Waals surface area contributed by atoms with Gasteiger partial charge in [0.25, 0.3) is 5.56 Å². The summed E-state index contributed by atoms with van der Waals surface area (Å²) in [4.78, 5) is 17.9. The quantitative estimate of drug-likeness (QED) is 0.289. The number of hydrogen-bond acceptors (Lipinski definition) is 5. The maximum atomic E-state index is 13.4. The zero-order valence-electron chi connectivity index (χ0n) is 19.9. The van der Waals surface area contributed by atoms with E-state index in [1.54, 1.807) is 42.5 Å². The minimum Gasteiger partial charge on any atom is -0.493 e. The number of benzene rings is 3. The molecular formula is C27H24F3N3O3. The number of methoxy groups -OCH3 is 1. The van der Waals surface area contributed by atoms with Gasteiger partial charge in [-0.05, 0) is 49.7 Å². The fourth-order valence-corrected chi connectivity index (χ4v) is 3.58. The van der Waals surface area contributed by atoms with E-state index in [1.807, 2.05) is 13.8 Å². The molecule has 1 aromatic heterocycles. The van der Waals surface area contributed by atoms with E-state index in [1.165, 1.54) is 25.5 Å². The highest BCUT2D eigenvalue weighted by Gasteiger charge is 2.31. The van der Waals surface area contributed by atoms with Crippen LogP contribution in [0, 0.1) is 0 Å². The lowest BCUT2D eigenvalue weighted by atomic mass is 10.1. The van der Waals surface area contributed by atoms with E-state index in [0.717, 1.165) is 23.2 Å². The minimum atomic E-state index is -4.55. The fourth-order valence-electron chi connectivity index (χ4n) is 3.58. The second-order valence-electron chi connectivity index (χ2n) is 8.11. The van der Waals surface area contributed by atoms with Crippen molar-refractivity contribution in [3.05, 3.63) is 88.2 Å². The van der Waals surface area contributed by atoms with Crippen molar-refractivity contribution in [2.75, 3.05) is 7.11 Å². The van der Waals surface area contributed by atoms with Gasteiger partial charge < -0.3 is 9.47 Å². The second-order valence-corrected chi connectivity index (χ2v) is 8.11. The lowest BCUT2D eigenvalue weighted by Crippen LogP contribution is -2.20. The van der Waals surface area contributed by atoms with Gasteiger partial charge in [0, 0.05) is 11.1 Å². The van der Waals surface area contributed by atoms with E-state index < -0.39 is 17.3 Å². The Bertz CT molecular complexity index is 1480. The molecule has 0 aliphatic rings. The SMILES string of the molecule is CC[C@@H](C)Oc1c(C=Nn2c(-c3cccc(C(F)(F)F)c3)nc3ccccc3c2=O)cccc1OC. The number of nitrogens with zero attached hydrogens (tertiary/aromatic N) is 3. The van der Waals surface area contributed by atoms with E-state index in [-0.39, 0.29) is 22.9 Å². The van der Waals surface area contributed by atoms with E-state index >= 15 is 0 Å². The summed E-state index contributed by atoms with van der Waals surface area (Å²) in [5.74, 6) is 0.912. The first-order valence-electron chi connectivity index (χ1n) is 11.3. The first-order chi connectivity index (χ1) is 17.2. The molecule has 0 amide bonds. The molecule has 0 saturated heterocycles. The van der Waals surface area contributed by atoms with Gasteiger partial charge in [-0.15, -0.1) is 0 Å². The summed E-state index contributed by atoms with van der Waals surface area (Å²) in [6, 6.07) is 16.5. The third-order valence-corrected chi connectivity index (χ3v) is 5.64. The van der Waals surface area contributed by atoms with Crippen molar-refractivity contribution >= 4 is 17.1 Å². The monoisotopic (exact) mass is 495 g/mol. The zero-order chi connectivity index (χ0) is 25.9. The number of hydrogen-bond donors (Lipinski definition) is 0. The van der Waals surface area contributed by atoms with Gasteiger partial charge in [-0.1, -0.05) is 37.3 Å². The van der Waals surface area contributed by atoms with Crippen LogP contribution in [-0.2, 0) is 6.18 Å². The van der Waals surface area contributed by atoms with Gasteiger partial charge in [0.05, 0.1) is 35.9 Å². The molecule has 6 nitrogen and oxygen atoms in total. The molecule has 0 N–H and O–H groups in total. The van der Waals surface area contributed by atoms with E-state index in [9.17, 15) is 18.0 Å². The van der Waals surface area contributed by atoms with Crippen LogP contribution in [0.2, 0.25) is 0 Å². The van der Waals surface area contributed by atoms with Gasteiger partial charge in [-0.25, -0.2) is 4.98 Å². The Morgan fingerprint density at radius 2 is 1.83 bits per heavy atom. The molecule has 0 radical (unpaired) electrons. The predicted molar refractivity (Wildman–Crippen MR) is 133 cm³/mol. The maximum Gasteiger partial charge on any atom is 0.416 e. The standard InChI is InChI=1S/C27H24F3N3O3/c1-4-17(2)36-24-19(10-8-14-23(24)35-3)16-31-33-25(18-9-7-11-20(15-18)27(28,29)30)32-22-13-6-5-12-21(22)26(33)34/h5-17H,4H2,1-3H3/t17-/m1/s1. The van der Waals surface area contributed by atoms with Crippen molar-refractivity contribution in [1.29, 1.82) is 0 Å². The molecule has 0 bridgehead atoms. The first kappa shape index (κ1) is 25.0. The van der Waals surface area contributed by atoms with E-state index in [2.05, 4.69) is 10.1 Å². The minimum absolute atomic E-state index is 0.0201. The molecule has 0 saturated carbocycles. The van der Waals surface area contributed by atoms with Gasteiger partial charge in [0.1, 0.15) is 0 Å². The molecule has 0 aliphatic carbocycles. The molecule has 0 spiro atoms. The largest absolute Gasteiger partial charge is 0.493 e. The second kappa shape index (κ2) is 10.2. The van der Waals surface area contributed by atoms with Crippen LogP contribution in [0.25, 0.3) is 22.3 Å². The van der Waals surface area contributed by atoms with Crippen molar-refractivity contribution in [1.82, 2.24) is 9.66 Å². The summed E-state index contributed by atoms with van der Waals surface area (Å²) < 4.78 is 52.6. The molecule has 4 aromatic rings. The predicted octanol–water partition coefficient (Wildman–Crippen LogP) is 6.15. The van der Waals surface area contributed by atoms with Crippen LogP contribution in [0.1, 0.15) is 31.4 Å². The average molecular weight is 496 g/mol. The van der Waals surface area contributed by atoms with Gasteiger partial charge in [0.2, 0.25) is 0 Å². The Balaban J connectivity index is 1.91. The van der Waals surface area contributed by atoms with Crippen LogP contribution in [0.3, 0.4) is 0 Å². The smallest absolute Gasteiger partial charge is 0.416 e. The zero-order valence-corrected chi connectivity index (χ0v) is 19.9. The number of aromatic nitrogens is 2. The molecule has 1 atom stereocenters. The van der Waals surface area contributed by atoms with Crippen molar-refractivity contribution in [3.8, 4) is 22.9 Å². The van der Waals surface area contributed by atoms with Gasteiger partial charge in [0.15, 0.2) is 17.3 Å². The molecule has 36 heavy (non-hydrogen) atoms. The van der Waals surface area contributed by atoms with Crippen LogP contribution >= 0.6 is 0 Å². The summed E-state index contributed by atoms with van der Waals surface area (Å²) in [6.45, 7) is 3.90. The highest BCUT2D eigenvalue weighted by atomic mass is 19.4. The van der Waals surface area contributed by atoms with Gasteiger partial charge in [-0.3, -0.25) is 4.79 Å². The van der Waals surface area contributed by atoms with Crippen molar-refractivity contribution in [2.24, 2.45) is 5.10 Å². The first-order valence-corrected chi connectivity index (χ1v) is 11.3. The van der Waals surface area contributed by atoms with Crippen LogP contribution in [-0.4, -0.2) is 29.1 Å². The van der Waals surface area contributed by atoms with E-state index in [4.69, 9.17) is 9.47 Å². The Morgan fingerprint density at radius 3 is 2.56 bits per heavy atom. The lowest BCUT2D eigenvalue weighted by molar-refractivity contribution is -0.137. The van der Waals surface area contributed by atoms with Crippen molar-refractivity contribution in [2.45, 2.75) is 32.5 Å². The van der Waals surface area contributed by atoms with Gasteiger partial charge in [-0.2, -0.15) is 22.9 Å². The molecule has 0 aliphatic heterocycles. The number of para-hydroxylation sites is 2. The Labute approximate surface area is 205 Å². The fraction of sp³-hybridized carbons (Fsp3) is 0.222. The molecule has 0 unspecified atom stereocenters. The highest BCUT2D eigenvalue weighted by molar-refractivity contribution is 5.86. The maximum absolute atomic E-state index is 13.4. The van der Waals surface area contributed by atoms with Crippen LogP contribution in [0.5, 0.6) is 11.5 Å². The Kier molecular flexibility index (Phi) is 7.10. The van der Waals surface area contributed by atoms with Crippen LogP contribution in [0.15, 0.2) is 76.6 Å². The summed E-state index contributed by atoms with van der Waals surface area (Å²) in [7, 11) is 1.52. The normalized spacial score (nSPS) is 12.7. The summed E-state index contributed by atoms with van der Waals surface area (Å²) in [5.41, 5.74) is -0.383. The highest BCUT2D eigenvalue weighted by Crippen LogP contribution is 2.33. The Hall–Kier alpha value is -4.14. The molecule has 3 aromatic carbocycles. The van der Waals surface area contributed by atoms with Crippen molar-refractivity contribution < 1.29 is 22.6 Å². The summed E-state index contributed by atoms with van der Waals surface area (Å²) in [5, 5.41) is 4.65.